The van der Waals surface area contributed by atoms with Crippen LogP contribution in [0.15, 0.2) is 49.1 Å². The molecular formula is C26H35NO. The van der Waals surface area contributed by atoms with Crippen molar-refractivity contribution in [1.29, 1.82) is 0 Å². The maximum atomic E-state index is 9.40. The fourth-order valence-corrected chi connectivity index (χ4v) is 3.39. The fourth-order valence-electron chi connectivity index (χ4n) is 3.39. The number of para-hydroxylation sites is 1. The lowest BCUT2D eigenvalue weighted by Crippen LogP contribution is -2.00. The van der Waals surface area contributed by atoms with Gasteiger partial charge in [0.25, 0.3) is 0 Å². The van der Waals surface area contributed by atoms with Crippen molar-refractivity contribution < 1.29 is 5.11 Å². The first-order valence-corrected chi connectivity index (χ1v) is 10.9. The minimum Gasteiger partial charge on any atom is -0.389 e. The zero-order valence-electron chi connectivity index (χ0n) is 17.2. The number of hydrogen-bond acceptors (Lipinski definition) is 2. The van der Waals surface area contributed by atoms with E-state index in [1.165, 1.54) is 63.2 Å². The van der Waals surface area contributed by atoms with Gasteiger partial charge in [-0.3, -0.25) is 0 Å². The second kappa shape index (κ2) is 14.0. The Balaban J connectivity index is 1.44. The van der Waals surface area contributed by atoms with Gasteiger partial charge in [-0.2, -0.15) is 0 Å². The Morgan fingerprint density at radius 2 is 1.50 bits per heavy atom. The normalized spacial score (nSPS) is 11.8. The molecule has 0 saturated heterocycles. The number of aromatic nitrogens is 1. The fraction of sp³-hybridized carbons (Fsp3) is 0.500. The lowest BCUT2D eigenvalue weighted by atomic mass is 10.0. The summed E-state index contributed by atoms with van der Waals surface area (Å²) in [6, 6.07) is 12.3. The van der Waals surface area contributed by atoms with Crippen LogP contribution >= 0.6 is 0 Å². The monoisotopic (exact) mass is 377 g/mol. The number of nitrogens with zero attached hydrogens (tertiary/aromatic N) is 1. The molecule has 1 aromatic heterocycles. The van der Waals surface area contributed by atoms with Crippen LogP contribution in [0.5, 0.6) is 0 Å². The van der Waals surface area contributed by atoms with Gasteiger partial charge >= 0.3 is 0 Å². The van der Waals surface area contributed by atoms with Crippen molar-refractivity contribution in [2.45, 2.75) is 83.2 Å². The van der Waals surface area contributed by atoms with Gasteiger partial charge < -0.3 is 5.11 Å². The highest BCUT2D eigenvalue weighted by Crippen LogP contribution is 2.13. The lowest BCUT2D eigenvalue weighted by molar-refractivity contribution is 0.208. The maximum Gasteiger partial charge on any atom is 0.113 e. The predicted molar refractivity (Wildman–Crippen MR) is 120 cm³/mol. The molecule has 0 aliphatic carbocycles. The second-order valence-corrected chi connectivity index (χ2v) is 7.57. The minimum atomic E-state index is -0.312. The molecule has 1 atom stereocenters. The molecule has 0 spiro atoms. The number of aliphatic hydroxyl groups excluding tert-OH is 1. The van der Waals surface area contributed by atoms with Crippen molar-refractivity contribution in [1.82, 2.24) is 4.98 Å². The summed E-state index contributed by atoms with van der Waals surface area (Å²) in [5.41, 5.74) is 1.89. The van der Waals surface area contributed by atoms with Gasteiger partial charge in [-0.15, -0.1) is 6.58 Å². The second-order valence-electron chi connectivity index (χ2n) is 7.57. The van der Waals surface area contributed by atoms with Crippen LogP contribution in [0.4, 0.5) is 0 Å². The van der Waals surface area contributed by atoms with Crippen molar-refractivity contribution in [3.05, 3.63) is 54.7 Å². The van der Waals surface area contributed by atoms with Gasteiger partial charge in [0.05, 0.1) is 11.6 Å². The van der Waals surface area contributed by atoms with Gasteiger partial charge in [0.15, 0.2) is 0 Å². The SMILES string of the molecule is C=CC(O)CCCCCCCCCCCCC#Cc1ccc2ccccc2n1. The number of aliphatic hydroxyl groups is 1. The largest absolute Gasteiger partial charge is 0.389 e. The molecule has 2 heteroatoms. The molecule has 1 heterocycles. The minimum absolute atomic E-state index is 0.312. The summed E-state index contributed by atoms with van der Waals surface area (Å²) in [5, 5.41) is 10.6. The van der Waals surface area contributed by atoms with Crippen LogP contribution in [-0.2, 0) is 0 Å². The summed E-state index contributed by atoms with van der Waals surface area (Å²) >= 11 is 0. The van der Waals surface area contributed by atoms with E-state index in [0.717, 1.165) is 30.5 Å². The van der Waals surface area contributed by atoms with Crippen molar-refractivity contribution >= 4 is 10.9 Å². The van der Waals surface area contributed by atoms with Crippen LogP contribution in [0.1, 0.15) is 82.7 Å². The highest BCUT2D eigenvalue weighted by atomic mass is 16.3. The Morgan fingerprint density at radius 3 is 2.21 bits per heavy atom. The van der Waals surface area contributed by atoms with E-state index in [0.29, 0.717) is 0 Å². The standard InChI is InChI=1S/C26H35NO/c1-2-25(28)19-14-12-10-8-6-4-3-5-7-9-11-13-18-24-22-21-23-17-15-16-20-26(23)27-24/h2,15-17,20-22,25,28H,1,3-12,14,19H2. The van der Waals surface area contributed by atoms with E-state index in [2.05, 4.69) is 35.5 Å². The highest BCUT2D eigenvalue weighted by molar-refractivity contribution is 5.78. The molecule has 1 unspecified atom stereocenters. The maximum absolute atomic E-state index is 9.40. The van der Waals surface area contributed by atoms with E-state index < -0.39 is 0 Å². The average Bonchev–Trinajstić information content (AvgIpc) is 2.73. The number of hydrogen-bond donors (Lipinski definition) is 1. The third kappa shape index (κ3) is 9.20. The van der Waals surface area contributed by atoms with E-state index in [-0.39, 0.29) is 6.10 Å². The summed E-state index contributed by atoms with van der Waals surface area (Å²) < 4.78 is 0. The Hall–Kier alpha value is -2.11. The molecule has 0 bridgehead atoms. The Morgan fingerprint density at radius 1 is 0.857 bits per heavy atom. The first-order valence-electron chi connectivity index (χ1n) is 10.9. The molecule has 28 heavy (non-hydrogen) atoms. The third-order valence-electron chi connectivity index (χ3n) is 5.14. The molecule has 2 nitrogen and oxygen atoms in total. The van der Waals surface area contributed by atoms with Crippen molar-refractivity contribution in [2.75, 3.05) is 0 Å². The molecule has 0 aliphatic heterocycles. The van der Waals surface area contributed by atoms with E-state index in [4.69, 9.17) is 0 Å². The quantitative estimate of drug-likeness (QED) is 0.236. The Labute approximate surface area is 171 Å². The number of pyridine rings is 1. The molecule has 0 amide bonds. The first kappa shape index (κ1) is 22.2. The van der Waals surface area contributed by atoms with Crippen LogP contribution in [0.3, 0.4) is 0 Å². The van der Waals surface area contributed by atoms with Crippen molar-refractivity contribution in [2.24, 2.45) is 0 Å². The van der Waals surface area contributed by atoms with Gasteiger partial charge in [-0.25, -0.2) is 4.98 Å². The predicted octanol–water partition coefficient (Wildman–Crippen LogP) is 6.81. The van der Waals surface area contributed by atoms with Gasteiger partial charge in [0, 0.05) is 11.8 Å². The molecule has 2 rings (SSSR count). The number of fused-ring (bicyclic) bond motifs is 1. The van der Waals surface area contributed by atoms with Crippen LogP contribution in [0.25, 0.3) is 10.9 Å². The molecular weight excluding hydrogens is 342 g/mol. The smallest absolute Gasteiger partial charge is 0.113 e. The van der Waals surface area contributed by atoms with Crippen molar-refractivity contribution in [3.63, 3.8) is 0 Å². The van der Waals surface area contributed by atoms with Gasteiger partial charge in [-0.1, -0.05) is 94.0 Å². The molecule has 0 radical (unpaired) electrons. The zero-order valence-corrected chi connectivity index (χ0v) is 17.2. The van der Waals surface area contributed by atoms with Crippen LogP contribution < -0.4 is 0 Å². The summed E-state index contributed by atoms with van der Waals surface area (Å²) in [4.78, 5) is 4.59. The highest BCUT2D eigenvalue weighted by Gasteiger charge is 1.98. The first-order chi connectivity index (χ1) is 13.8. The molecule has 150 valence electrons. The third-order valence-corrected chi connectivity index (χ3v) is 5.14. The number of benzene rings is 1. The van der Waals surface area contributed by atoms with Crippen LogP contribution in [0, 0.1) is 11.8 Å². The summed E-state index contributed by atoms with van der Waals surface area (Å²) in [7, 11) is 0. The van der Waals surface area contributed by atoms with E-state index in [1.54, 1.807) is 6.08 Å². The molecule has 0 saturated carbocycles. The molecule has 1 aromatic carbocycles. The lowest BCUT2D eigenvalue weighted by Gasteiger charge is -2.04. The van der Waals surface area contributed by atoms with Gasteiger partial charge in [0.1, 0.15) is 5.69 Å². The summed E-state index contributed by atoms with van der Waals surface area (Å²) in [5.74, 6) is 6.47. The van der Waals surface area contributed by atoms with E-state index in [9.17, 15) is 5.11 Å². The van der Waals surface area contributed by atoms with Gasteiger partial charge in [-0.05, 0) is 30.9 Å². The van der Waals surface area contributed by atoms with Crippen LogP contribution in [0.2, 0.25) is 0 Å². The van der Waals surface area contributed by atoms with Crippen LogP contribution in [-0.4, -0.2) is 16.2 Å². The number of rotatable bonds is 13. The Kier molecular flexibility index (Phi) is 11.1. The number of unbranched alkanes of at least 4 members (excludes halogenated alkanes) is 10. The topological polar surface area (TPSA) is 33.1 Å². The molecule has 1 N–H and O–H groups in total. The average molecular weight is 378 g/mol. The van der Waals surface area contributed by atoms with Gasteiger partial charge in [0.2, 0.25) is 0 Å². The van der Waals surface area contributed by atoms with E-state index >= 15 is 0 Å². The molecule has 0 aliphatic rings. The van der Waals surface area contributed by atoms with Crippen molar-refractivity contribution in [3.8, 4) is 11.8 Å². The summed E-state index contributed by atoms with van der Waals surface area (Å²) in [6.07, 6.45) is 15.9. The molecule has 0 fully saturated rings. The Bertz CT molecular complexity index is 756. The zero-order chi connectivity index (χ0) is 19.9. The molecule has 2 aromatic rings. The summed E-state index contributed by atoms with van der Waals surface area (Å²) in [6.45, 7) is 3.60. The van der Waals surface area contributed by atoms with E-state index in [1.807, 2.05) is 24.3 Å².